The monoisotopic (exact) mass is 322 g/mol. The van der Waals surface area contributed by atoms with Gasteiger partial charge in [0.15, 0.2) is 5.82 Å². The molecule has 0 unspecified atom stereocenters. The van der Waals surface area contributed by atoms with Crippen molar-refractivity contribution in [2.45, 2.75) is 6.54 Å². The van der Waals surface area contributed by atoms with Crippen LogP contribution in [0.4, 0.5) is 0 Å². The lowest BCUT2D eigenvalue weighted by Gasteiger charge is -2.09. The number of carbonyl (C=O) groups is 1. The molecular weight excluding hydrogens is 304 g/mol. The van der Waals surface area contributed by atoms with Crippen LogP contribution in [-0.2, 0) is 11.3 Å². The molecule has 24 heavy (non-hydrogen) atoms. The highest BCUT2D eigenvalue weighted by Gasteiger charge is 2.10. The first-order valence-corrected chi connectivity index (χ1v) is 7.70. The number of benzene rings is 1. The Morgan fingerprint density at radius 3 is 2.67 bits per heavy atom. The number of hydrogen-bond acceptors (Lipinski definition) is 4. The zero-order valence-electron chi connectivity index (χ0n) is 13.1. The third kappa shape index (κ3) is 4.19. The van der Waals surface area contributed by atoms with Gasteiger partial charge in [0.05, 0.1) is 6.54 Å². The highest BCUT2D eigenvalue weighted by molar-refractivity contribution is 5.76. The maximum absolute atomic E-state index is 12.1. The summed E-state index contributed by atoms with van der Waals surface area (Å²) in [6.07, 6.45) is 5.13. The van der Waals surface area contributed by atoms with Crippen LogP contribution in [0.15, 0.2) is 67.1 Å². The van der Waals surface area contributed by atoms with Gasteiger partial charge in [0.25, 0.3) is 0 Å². The molecule has 1 aromatic carbocycles. The predicted octanol–water partition coefficient (Wildman–Crippen LogP) is 2.14. The Labute approximate surface area is 140 Å². The number of hydrogen-bond donors (Lipinski definition) is 1. The molecule has 0 saturated heterocycles. The molecule has 2 heterocycles. The van der Waals surface area contributed by atoms with E-state index in [1.54, 1.807) is 23.2 Å². The number of rotatable bonds is 7. The van der Waals surface area contributed by atoms with Crippen molar-refractivity contribution < 1.29 is 9.53 Å². The van der Waals surface area contributed by atoms with Gasteiger partial charge in [-0.05, 0) is 24.3 Å². The maximum atomic E-state index is 12.1. The van der Waals surface area contributed by atoms with Crippen molar-refractivity contribution in [3.05, 3.63) is 67.1 Å². The summed E-state index contributed by atoms with van der Waals surface area (Å²) in [6, 6.07) is 15.1. The van der Waals surface area contributed by atoms with Gasteiger partial charge in [0.2, 0.25) is 5.91 Å². The van der Waals surface area contributed by atoms with Crippen molar-refractivity contribution >= 4 is 5.91 Å². The first-order chi connectivity index (χ1) is 11.8. The quantitative estimate of drug-likeness (QED) is 0.677. The van der Waals surface area contributed by atoms with Crippen LogP contribution in [0.2, 0.25) is 0 Å². The number of imidazole rings is 1. The number of para-hydroxylation sites is 1. The standard InChI is InChI=1S/C18H18N4O2/c23-17(20-11-13-24-15-6-2-1-3-7-15)14-22-12-10-21-18(22)16-8-4-5-9-19-16/h1-10,12H,11,13-14H2,(H,20,23). The minimum Gasteiger partial charge on any atom is -0.492 e. The largest absolute Gasteiger partial charge is 0.492 e. The molecule has 1 amide bonds. The van der Waals surface area contributed by atoms with Crippen LogP contribution in [0.3, 0.4) is 0 Å². The zero-order chi connectivity index (χ0) is 16.6. The van der Waals surface area contributed by atoms with Crippen LogP contribution in [0.5, 0.6) is 5.75 Å². The van der Waals surface area contributed by atoms with Crippen LogP contribution >= 0.6 is 0 Å². The van der Waals surface area contributed by atoms with Gasteiger partial charge in [0.1, 0.15) is 24.6 Å². The average molecular weight is 322 g/mol. The lowest BCUT2D eigenvalue weighted by Crippen LogP contribution is -2.31. The van der Waals surface area contributed by atoms with Crippen LogP contribution < -0.4 is 10.1 Å². The Bertz CT molecular complexity index is 772. The number of nitrogens with zero attached hydrogens (tertiary/aromatic N) is 3. The fourth-order valence-electron chi connectivity index (χ4n) is 2.25. The summed E-state index contributed by atoms with van der Waals surface area (Å²) in [4.78, 5) is 20.6. The highest BCUT2D eigenvalue weighted by Crippen LogP contribution is 2.13. The second kappa shape index (κ2) is 7.92. The number of aromatic nitrogens is 3. The minimum absolute atomic E-state index is 0.0955. The molecule has 6 nitrogen and oxygen atoms in total. The van der Waals surface area contributed by atoms with E-state index in [0.29, 0.717) is 19.0 Å². The Hall–Kier alpha value is -3.15. The van der Waals surface area contributed by atoms with Gasteiger partial charge < -0.3 is 14.6 Å². The number of carbonyl (C=O) groups excluding carboxylic acids is 1. The van der Waals surface area contributed by atoms with Gasteiger partial charge in [-0.1, -0.05) is 24.3 Å². The Kier molecular flexibility index (Phi) is 5.19. The van der Waals surface area contributed by atoms with E-state index < -0.39 is 0 Å². The molecule has 0 radical (unpaired) electrons. The van der Waals surface area contributed by atoms with Crippen molar-refractivity contribution in [2.24, 2.45) is 0 Å². The maximum Gasteiger partial charge on any atom is 0.240 e. The molecule has 0 atom stereocenters. The molecule has 1 N–H and O–H groups in total. The van der Waals surface area contributed by atoms with Gasteiger partial charge in [-0.3, -0.25) is 9.78 Å². The lowest BCUT2D eigenvalue weighted by molar-refractivity contribution is -0.121. The van der Waals surface area contributed by atoms with Crippen LogP contribution in [0, 0.1) is 0 Å². The summed E-state index contributed by atoms with van der Waals surface area (Å²) in [5, 5.41) is 2.84. The fourth-order valence-corrected chi connectivity index (χ4v) is 2.25. The number of pyridine rings is 1. The van der Waals surface area contributed by atoms with Crippen LogP contribution in [-0.4, -0.2) is 33.6 Å². The van der Waals surface area contributed by atoms with E-state index in [0.717, 1.165) is 11.4 Å². The molecule has 0 aliphatic carbocycles. The summed E-state index contributed by atoms with van der Waals surface area (Å²) in [7, 11) is 0. The molecule has 122 valence electrons. The lowest BCUT2D eigenvalue weighted by atomic mass is 10.3. The first kappa shape index (κ1) is 15.7. The molecule has 3 rings (SSSR count). The minimum atomic E-state index is -0.0955. The normalized spacial score (nSPS) is 10.3. The van der Waals surface area contributed by atoms with Crippen molar-refractivity contribution in [1.29, 1.82) is 0 Å². The van der Waals surface area contributed by atoms with E-state index in [9.17, 15) is 4.79 Å². The van der Waals surface area contributed by atoms with Crippen molar-refractivity contribution in [1.82, 2.24) is 19.9 Å². The van der Waals surface area contributed by atoms with Crippen LogP contribution in [0.1, 0.15) is 0 Å². The SMILES string of the molecule is O=C(Cn1ccnc1-c1ccccn1)NCCOc1ccccc1. The van der Waals surface area contributed by atoms with E-state index in [-0.39, 0.29) is 12.5 Å². The Morgan fingerprint density at radius 1 is 1.04 bits per heavy atom. The van der Waals surface area contributed by atoms with Crippen molar-refractivity contribution in [2.75, 3.05) is 13.2 Å². The summed E-state index contributed by atoms with van der Waals surface area (Å²) in [5.41, 5.74) is 0.739. The summed E-state index contributed by atoms with van der Waals surface area (Å²) in [6.45, 7) is 1.06. The second-order valence-corrected chi connectivity index (χ2v) is 5.11. The van der Waals surface area contributed by atoms with Gasteiger partial charge in [0, 0.05) is 18.6 Å². The summed E-state index contributed by atoms with van der Waals surface area (Å²) < 4.78 is 7.31. The van der Waals surface area contributed by atoms with E-state index in [4.69, 9.17) is 4.74 Å². The van der Waals surface area contributed by atoms with Crippen LogP contribution in [0.25, 0.3) is 11.5 Å². The van der Waals surface area contributed by atoms with E-state index in [1.807, 2.05) is 48.5 Å². The number of ether oxygens (including phenoxy) is 1. The molecule has 0 fully saturated rings. The second-order valence-electron chi connectivity index (χ2n) is 5.11. The zero-order valence-corrected chi connectivity index (χ0v) is 13.1. The van der Waals surface area contributed by atoms with Gasteiger partial charge in [-0.15, -0.1) is 0 Å². The Balaban J connectivity index is 1.48. The molecule has 3 aromatic rings. The third-order valence-electron chi connectivity index (χ3n) is 3.36. The molecule has 2 aromatic heterocycles. The molecular formula is C18H18N4O2. The van der Waals surface area contributed by atoms with Gasteiger partial charge in [-0.2, -0.15) is 0 Å². The first-order valence-electron chi connectivity index (χ1n) is 7.70. The molecule has 0 bridgehead atoms. The van der Waals surface area contributed by atoms with Gasteiger partial charge in [-0.25, -0.2) is 4.98 Å². The highest BCUT2D eigenvalue weighted by atomic mass is 16.5. The number of amides is 1. The summed E-state index contributed by atoms with van der Waals surface area (Å²) >= 11 is 0. The van der Waals surface area contributed by atoms with E-state index in [1.165, 1.54) is 0 Å². The average Bonchev–Trinajstić information content (AvgIpc) is 3.08. The molecule has 6 heteroatoms. The molecule has 0 spiro atoms. The molecule has 0 saturated carbocycles. The van der Waals surface area contributed by atoms with Gasteiger partial charge >= 0.3 is 0 Å². The van der Waals surface area contributed by atoms with Crippen molar-refractivity contribution in [3.8, 4) is 17.3 Å². The van der Waals surface area contributed by atoms with E-state index >= 15 is 0 Å². The fraction of sp³-hybridized carbons (Fsp3) is 0.167. The smallest absolute Gasteiger partial charge is 0.240 e. The predicted molar refractivity (Wildman–Crippen MR) is 90.4 cm³/mol. The van der Waals surface area contributed by atoms with Crippen molar-refractivity contribution in [3.63, 3.8) is 0 Å². The molecule has 0 aliphatic rings. The molecule has 0 aliphatic heterocycles. The number of nitrogens with one attached hydrogen (secondary N) is 1. The summed E-state index contributed by atoms with van der Waals surface area (Å²) in [5.74, 6) is 1.37. The topological polar surface area (TPSA) is 69.0 Å². The Morgan fingerprint density at radius 2 is 1.88 bits per heavy atom. The van der Waals surface area contributed by atoms with E-state index in [2.05, 4.69) is 15.3 Å². The third-order valence-corrected chi connectivity index (χ3v) is 3.36.